The first-order chi connectivity index (χ1) is 12.5. The summed E-state index contributed by atoms with van der Waals surface area (Å²) in [6, 6.07) is 5.92. The van der Waals surface area contributed by atoms with E-state index in [9.17, 15) is 13.2 Å². The molecule has 0 atom stereocenters. The molecule has 0 unspecified atom stereocenters. The fourth-order valence-corrected chi connectivity index (χ4v) is 4.70. The molecule has 0 spiro atoms. The molecule has 0 radical (unpaired) electrons. The van der Waals surface area contributed by atoms with Crippen LogP contribution in [0.5, 0.6) is 0 Å². The van der Waals surface area contributed by atoms with Crippen molar-refractivity contribution in [1.82, 2.24) is 9.29 Å². The number of carbonyl (C=O) groups excluding carboxylic acids is 1. The van der Waals surface area contributed by atoms with Crippen LogP contribution < -0.4 is 0 Å². The third-order valence-electron chi connectivity index (χ3n) is 3.93. The number of benzene rings is 1. The maximum Gasteiger partial charge on any atom is 0.338 e. The molecule has 0 aliphatic carbocycles. The van der Waals surface area contributed by atoms with Gasteiger partial charge in [-0.05, 0) is 24.6 Å². The molecule has 2 heterocycles. The number of rotatable bonds is 6. The minimum atomic E-state index is -3.65. The van der Waals surface area contributed by atoms with E-state index in [1.807, 2.05) is 12.3 Å². The number of nitrogens with zero attached hydrogens (tertiary/aromatic N) is 2. The van der Waals surface area contributed by atoms with Crippen LogP contribution in [-0.2, 0) is 32.5 Å². The highest BCUT2D eigenvalue weighted by Crippen LogP contribution is 2.19. The number of carbonyl (C=O) groups is 1. The summed E-state index contributed by atoms with van der Waals surface area (Å²) in [5, 5.41) is 2.83. The summed E-state index contributed by atoms with van der Waals surface area (Å²) in [5.74, 6) is -0.574. The Balaban J connectivity index is 1.70. The number of hydrogen-bond acceptors (Lipinski definition) is 7. The van der Waals surface area contributed by atoms with Gasteiger partial charge in [-0.3, -0.25) is 0 Å². The van der Waals surface area contributed by atoms with Crippen molar-refractivity contribution in [3.63, 3.8) is 0 Å². The maximum atomic E-state index is 12.7. The predicted molar refractivity (Wildman–Crippen MR) is 96.6 cm³/mol. The van der Waals surface area contributed by atoms with E-state index in [1.165, 1.54) is 27.8 Å². The summed E-state index contributed by atoms with van der Waals surface area (Å²) >= 11 is 1.52. The number of esters is 1. The highest BCUT2D eigenvalue weighted by molar-refractivity contribution is 7.89. The summed E-state index contributed by atoms with van der Waals surface area (Å²) in [6.07, 6.45) is 0.833. The molecule has 1 saturated heterocycles. The molecule has 26 heavy (non-hydrogen) atoms. The van der Waals surface area contributed by atoms with Crippen molar-refractivity contribution in [2.75, 3.05) is 26.3 Å². The quantitative estimate of drug-likeness (QED) is 0.695. The molecule has 2 aromatic rings. The zero-order valence-corrected chi connectivity index (χ0v) is 16.0. The van der Waals surface area contributed by atoms with Crippen LogP contribution >= 0.6 is 11.3 Å². The van der Waals surface area contributed by atoms with Crippen molar-refractivity contribution in [3.05, 3.63) is 45.9 Å². The summed E-state index contributed by atoms with van der Waals surface area (Å²) in [5.41, 5.74) is 0.891. The van der Waals surface area contributed by atoms with Gasteiger partial charge in [-0.15, -0.1) is 11.3 Å². The van der Waals surface area contributed by atoms with Gasteiger partial charge < -0.3 is 9.47 Å². The fraction of sp³-hybridized carbons (Fsp3) is 0.412. The average Bonchev–Trinajstić information content (AvgIpc) is 3.15. The number of ether oxygens (including phenoxy) is 2. The van der Waals surface area contributed by atoms with E-state index in [1.54, 1.807) is 12.1 Å². The van der Waals surface area contributed by atoms with Gasteiger partial charge in [-0.25, -0.2) is 18.2 Å². The molecule has 3 rings (SSSR count). The first-order valence-corrected chi connectivity index (χ1v) is 10.6. The highest BCUT2D eigenvalue weighted by atomic mass is 32.2. The van der Waals surface area contributed by atoms with Gasteiger partial charge in [0.05, 0.1) is 34.4 Å². The van der Waals surface area contributed by atoms with E-state index < -0.39 is 16.0 Å². The van der Waals surface area contributed by atoms with Gasteiger partial charge in [0.2, 0.25) is 10.0 Å². The molecular weight excluding hydrogens is 376 g/mol. The molecule has 0 N–H and O–H groups in total. The van der Waals surface area contributed by atoms with Gasteiger partial charge in [-0.1, -0.05) is 13.0 Å². The highest BCUT2D eigenvalue weighted by Gasteiger charge is 2.27. The zero-order chi connectivity index (χ0) is 18.6. The number of sulfonamides is 1. The lowest BCUT2D eigenvalue weighted by Gasteiger charge is -2.26. The summed E-state index contributed by atoms with van der Waals surface area (Å²) in [6.45, 7) is 3.43. The Labute approximate surface area is 156 Å². The Bertz CT molecular complexity index is 873. The monoisotopic (exact) mass is 396 g/mol. The lowest BCUT2D eigenvalue weighted by molar-refractivity contribution is 0.0468. The topological polar surface area (TPSA) is 85.8 Å². The Hall–Kier alpha value is -1.81. The minimum Gasteiger partial charge on any atom is -0.456 e. The van der Waals surface area contributed by atoms with Crippen molar-refractivity contribution in [2.24, 2.45) is 0 Å². The second-order valence-electron chi connectivity index (χ2n) is 5.71. The molecule has 1 aromatic heterocycles. The van der Waals surface area contributed by atoms with Gasteiger partial charge in [0.1, 0.15) is 6.61 Å². The van der Waals surface area contributed by atoms with E-state index in [0.29, 0.717) is 32.0 Å². The predicted octanol–water partition coefficient (Wildman–Crippen LogP) is 2.08. The van der Waals surface area contributed by atoms with Crippen LogP contribution in [0.2, 0.25) is 0 Å². The SMILES string of the molecule is CCc1nc(COC(=O)c2cccc(S(=O)(=O)N3CCOCC3)c2)cs1. The van der Waals surface area contributed by atoms with Gasteiger partial charge in [0.15, 0.2) is 0 Å². The third-order valence-corrected chi connectivity index (χ3v) is 6.87. The first-order valence-electron chi connectivity index (χ1n) is 8.29. The van der Waals surface area contributed by atoms with E-state index >= 15 is 0 Å². The van der Waals surface area contributed by atoms with Crippen LogP contribution in [0.3, 0.4) is 0 Å². The van der Waals surface area contributed by atoms with Crippen molar-refractivity contribution in [2.45, 2.75) is 24.8 Å². The molecule has 1 fully saturated rings. The lowest BCUT2D eigenvalue weighted by Crippen LogP contribution is -2.40. The van der Waals surface area contributed by atoms with Crippen molar-refractivity contribution >= 4 is 27.3 Å². The second-order valence-corrected chi connectivity index (χ2v) is 8.59. The smallest absolute Gasteiger partial charge is 0.338 e. The Morgan fingerprint density at radius 2 is 2.12 bits per heavy atom. The number of hydrogen-bond donors (Lipinski definition) is 0. The van der Waals surface area contributed by atoms with Crippen LogP contribution in [0.15, 0.2) is 34.5 Å². The molecule has 7 nitrogen and oxygen atoms in total. The molecule has 1 aromatic carbocycles. The van der Waals surface area contributed by atoms with E-state index in [0.717, 1.165) is 11.4 Å². The van der Waals surface area contributed by atoms with Gasteiger partial charge in [-0.2, -0.15) is 4.31 Å². The van der Waals surface area contributed by atoms with Gasteiger partial charge >= 0.3 is 5.97 Å². The van der Waals surface area contributed by atoms with Crippen LogP contribution in [-0.4, -0.2) is 50.0 Å². The number of aromatic nitrogens is 1. The first kappa shape index (κ1) is 19.0. The minimum absolute atomic E-state index is 0.0653. The number of aryl methyl sites for hydroxylation is 1. The molecular formula is C17H20N2O5S2. The normalized spacial score (nSPS) is 15.7. The Kier molecular flexibility index (Phi) is 6.02. The van der Waals surface area contributed by atoms with Gasteiger partial charge in [0.25, 0.3) is 0 Å². The largest absolute Gasteiger partial charge is 0.456 e. The molecule has 0 saturated carbocycles. The van der Waals surface area contributed by atoms with Crippen LogP contribution in [0, 0.1) is 0 Å². The summed E-state index contributed by atoms with van der Waals surface area (Å²) in [4.78, 5) is 16.7. The molecule has 0 bridgehead atoms. The maximum absolute atomic E-state index is 12.7. The van der Waals surface area contributed by atoms with Crippen molar-refractivity contribution in [3.8, 4) is 0 Å². The lowest BCUT2D eigenvalue weighted by atomic mass is 10.2. The zero-order valence-electron chi connectivity index (χ0n) is 14.4. The van der Waals surface area contributed by atoms with Gasteiger partial charge in [0, 0.05) is 18.5 Å². The fourth-order valence-electron chi connectivity index (χ4n) is 2.52. The Morgan fingerprint density at radius 3 is 2.81 bits per heavy atom. The van der Waals surface area contributed by atoms with Crippen molar-refractivity contribution in [1.29, 1.82) is 0 Å². The molecule has 1 aliphatic heterocycles. The molecule has 0 amide bonds. The van der Waals surface area contributed by atoms with E-state index in [2.05, 4.69) is 4.98 Å². The van der Waals surface area contributed by atoms with Crippen LogP contribution in [0.1, 0.15) is 28.0 Å². The van der Waals surface area contributed by atoms with Crippen LogP contribution in [0.25, 0.3) is 0 Å². The van der Waals surface area contributed by atoms with E-state index in [-0.39, 0.29) is 17.1 Å². The van der Waals surface area contributed by atoms with E-state index in [4.69, 9.17) is 9.47 Å². The third kappa shape index (κ3) is 4.29. The number of morpholine rings is 1. The second kappa shape index (κ2) is 8.26. The standard InChI is InChI=1S/C17H20N2O5S2/c1-2-16-18-14(12-25-16)11-24-17(20)13-4-3-5-15(10-13)26(21,22)19-6-8-23-9-7-19/h3-5,10,12H,2,6-9,11H2,1H3. The molecule has 1 aliphatic rings. The Morgan fingerprint density at radius 1 is 1.35 bits per heavy atom. The summed E-state index contributed by atoms with van der Waals surface area (Å²) < 4.78 is 37.2. The van der Waals surface area contributed by atoms with Crippen molar-refractivity contribution < 1.29 is 22.7 Å². The molecule has 140 valence electrons. The number of thiazole rings is 1. The molecule has 9 heteroatoms. The van der Waals surface area contributed by atoms with Crippen LogP contribution in [0.4, 0.5) is 0 Å². The summed E-state index contributed by atoms with van der Waals surface area (Å²) in [7, 11) is -3.65. The average molecular weight is 396 g/mol.